The molecule has 0 unspecified atom stereocenters. The molecule has 0 saturated carbocycles. The largest absolute Gasteiger partial charge is 0.349 e. The monoisotopic (exact) mass is 351 g/mol. The van der Waals surface area contributed by atoms with Crippen LogP contribution in [0.15, 0.2) is 58.2 Å². The van der Waals surface area contributed by atoms with E-state index in [2.05, 4.69) is 27.6 Å². The number of benzene rings is 2. The first-order valence-electron chi connectivity index (χ1n) is 8.20. The number of hydrogen-bond donors (Lipinski definition) is 2. The number of fused-ring (bicyclic) bond motifs is 2. The number of carbonyl (C=O) groups is 1. The fourth-order valence-electron chi connectivity index (χ4n) is 3.20. The molecule has 0 radical (unpaired) electrons. The van der Waals surface area contributed by atoms with Gasteiger partial charge in [-0.3, -0.25) is 9.59 Å². The summed E-state index contributed by atoms with van der Waals surface area (Å²) >= 11 is 1.82. The minimum Gasteiger partial charge on any atom is -0.349 e. The number of aromatic nitrogens is 2. The third-order valence-electron chi connectivity index (χ3n) is 4.40. The summed E-state index contributed by atoms with van der Waals surface area (Å²) in [5.74, 6) is 0.901. The van der Waals surface area contributed by atoms with Gasteiger partial charge in [0, 0.05) is 16.0 Å². The smallest absolute Gasteiger partial charge is 0.272 e. The minimum absolute atomic E-state index is 0.0268. The number of nitrogens with one attached hydrogen (secondary N) is 2. The van der Waals surface area contributed by atoms with Crippen LogP contribution in [-0.2, 0) is 11.2 Å². The molecule has 2 N–H and O–H groups in total. The number of H-pyrrole nitrogens is 1. The van der Waals surface area contributed by atoms with E-state index in [1.807, 2.05) is 36.0 Å². The third kappa shape index (κ3) is 3.17. The van der Waals surface area contributed by atoms with Gasteiger partial charge in [-0.15, -0.1) is 11.8 Å². The summed E-state index contributed by atoms with van der Waals surface area (Å²) in [7, 11) is 0. The molecule has 0 spiro atoms. The predicted molar refractivity (Wildman–Crippen MR) is 98.7 cm³/mol. The van der Waals surface area contributed by atoms with E-state index in [1.54, 1.807) is 12.1 Å². The molecule has 0 aliphatic carbocycles. The second-order valence-corrected chi connectivity index (χ2v) is 7.15. The quantitative estimate of drug-likeness (QED) is 0.761. The van der Waals surface area contributed by atoms with Gasteiger partial charge in [0.1, 0.15) is 0 Å². The van der Waals surface area contributed by atoms with E-state index in [1.165, 1.54) is 10.5 Å². The Balaban J connectivity index is 1.56. The van der Waals surface area contributed by atoms with Crippen LogP contribution in [-0.4, -0.2) is 21.9 Å². The average Bonchev–Trinajstić information content (AvgIpc) is 2.65. The Labute approximate surface area is 148 Å². The molecule has 6 heteroatoms. The van der Waals surface area contributed by atoms with Crippen LogP contribution in [0.25, 0.3) is 10.8 Å². The summed E-state index contributed by atoms with van der Waals surface area (Å²) in [6.45, 7) is 0. The van der Waals surface area contributed by atoms with Gasteiger partial charge in [0.2, 0.25) is 5.91 Å². The molecule has 1 aliphatic heterocycles. The molecule has 2 aromatic carbocycles. The van der Waals surface area contributed by atoms with Crippen LogP contribution in [0.5, 0.6) is 0 Å². The Bertz CT molecular complexity index is 999. The summed E-state index contributed by atoms with van der Waals surface area (Å²) in [6.07, 6.45) is 1.05. The topological polar surface area (TPSA) is 74.8 Å². The van der Waals surface area contributed by atoms with Crippen molar-refractivity contribution in [2.24, 2.45) is 0 Å². The van der Waals surface area contributed by atoms with Crippen LogP contribution < -0.4 is 10.9 Å². The molecule has 3 aromatic rings. The van der Waals surface area contributed by atoms with E-state index in [9.17, 15) is 9.59 Å². The molecule has 0 bridgehead atoms. The number of hydrogen-bond acceptors (Lipinski definition) is 4. The first-order chi connectivity index (χ1) is 12.2. The van der Waals surface area contributed by atoms with Gasteiger partial charge < -0.3 is 5.32 Å². The minimum atomic E-state index is -0.238. The molecule has 1 aliphatic rings. The Kier molecular flexibility index (Phi) is 4.28. The van der Waals surface area contributed by atoms with Crippen molar-refractivity contribution in [3.8, 4) is 0 Å². The predicted octanol–water partition coefficient (Wildman–Crippen LogP) is 2.82. The first-order valence-corrected chi connectivity index (χ1v) is 9.18. The highest BCUT2D eigenvalue weighted by molar-refractivity contribution is 7.99. The molecular formula is C19H17N3O2S. The number of thioether (sulfide) groups is 1. The fourth-order valence-corrected chi connectivity index (χ4v) is 4.32. The number of rotatable bonds is 3. The van der Waals surface area contributed by atoms with E-state index >= 15 is 0 Å². The van der Waals surface area contributed by atoms with Gasteiger partial charge in [0.25, 0.3) is 5.56 Å². The lowest BCUT2D eigenvalue weighted by Crippen LogP contribution is -2.32. The van der Waals surface area contributed by atoms with E-state index in [-0.39, 0.29) is 23.9 Å². The molecule has 1 aromatic heterocycles. The van der Waals surface area contributed by atoms with Gasteiger partial charge in [-0.25, -0.2) is 5.10 Å². The molecule has 4 rings (SSSR count). The second-order valence-electron chi connectivity index (χ2n) is 6.02. The highest BCUT2D eigenvalue weighted by atomic mass is 32.2. The second kappa shape index (κ2) is 6.72. The molecule has 25 heavy (non-hydrogen) atoms. The maximum atomic E-state index is 12.6. The van der Waals surface area contributed by atoms with Gasteiger partial charge >= 0.3 is 0 Å². The zero-order valence-corrected chi connectivity index (χ0v) is 14.3. The molecule has 1 atom stereocenters. The van der Waals surface area contributed by atoms with Crippen LogP contribution in [0, 0.1) is 0 Å². The molecule has 0 saturated heterocycles. The van der Waals surface area contributed by atoms with Crippen molar-refractivity contribution in [3.05, 3.63) is 70.1 Å². The van der Waals surface area contributed by atoms with E-state index < -0.39 is 0 Å². The maximum absolute atomic E-state index is 12.6. The number of aromatic amines is 1. The Morgan fingerprint density at radius 3 is 2.80 bits per heavy atom. The number of amides is 1. The highest BCUT2D eigenvalue weighted by Gasteiger charge is 2.22. The standard InChI is InChI=1S/C19H17N3O2S/c23-18(20-15-9-10-25-17-8-4-3-7-14(15)17)11-16-12-5-1-2-6-13(12)19(24)22-21-16/h1-8,15H,9-11H2,(H,20,23)(H,22,24)/t15-/m1/s1. The molecule has 126 valence electrons. The zero-order valence-electron chi connectivity index (χ0n) is 13.5. The Morgan fingerprint density at radius 2 is 1.92 bits per heavy atom. The summed E-state index contributed by atoms with van der Waals surface area (Å²) in [6, 6.07) is 15.4. The van der Waals surface area contributed by atoms with Crippen molar-refractivity contribution in [1.82, 2.24) is 15.5 Å². The summed E-state index contributed by atoms with van der Waals surface area (Å²) in [5.41, 5.74) is 1.52. The highest BCUT2D eigenvalue weighted by Crippen LogP contribution is 2.35. The van der Waals surface area contributed by atoms with Crippen molar-refractivity contribution in [1.29, 1.82) is 0 Å². The van der Waals surface area contributed by atoms with Crippen molar-refractivity contribution in [2.45, 2.75) is 23.8 Å². The summed E-state index contributed by atoms with van der Waals surface area (Å²) in [5, 5.41) is 11.0. The molecule has 5 nitrogen and oxygen atoms in total. The Morgan fingerprint density at radius 1 is 1.16 bits per heavy atom. The van der Waals surface area contributed by atoms with Gasteiger partial charge in [0.05, 0.1) is 23.5 Å². The van der Waals surface area contributed by atoms with Gasteiger partial charge in [0.15, 0.2) is 0 Å². The summed E-state index contributed by atoms with van der Waals surface area (Å²) in [4.78, 5) is 25.6. The lowest BCUT2D eigenvalue weighted by atomic mass is 10.0. The van der Waals surface area contributed by atoms with E-state index in [4.69, 9.17) is 0 Å². The SMILES string of the molecule is O=C(Cc1n[nH]c(=O)c2ccccc12)N[C@@H]1CCSc2ccccc21. The first kappa shape index (κ1) is 15.9. The fraction of sp³-hybridized carbons (Fsp3) is 0.211. The molecule has 2 heterocycles. The lowest BCUT2D eigenvalue weighted by molar-refractivity contribution is -0.121. The van der Waals surface area contributed by atoms with Crippen LogP contribution in [0.2, 0.25) is 0 Å². The van der Waals surface area contributed by atoms with E-state index in [0.29, 0.717) is 11.1 Å². The normalized spacial score (nSPS) is 16.4. The van der Waals surface area contributed by atoms with Crippen molar-refractivity contribution in [2.75, 3.05) is 5.75 Å². The van der Waals surface area contributed by atoms with Crippen LogP contribution in [0.3, 0.4) is 0 Å². The average molecular weight is 351 g/mol. The maximum Gasteiger partial charge on any atom is 0.272 e. The molecule has 1 amide bonds. The van der Waals surface area contributed by atoms with Crippen LogP contribution >= 0.6 is 11.8 Å². The van der Waals surface area contributed by atoms with E-state index in [0.717, 1.165) is 17.6 Å². The lowest BCUT2D eigenvalue weighted by Gasteiger charge is -2.25. The van der Waals surface area contributed by atoms with Crippen molar-refractivity contribution < 1.29 is 4.79 Å². The molecular weight excluding hydrogens is 334 g/mol. The Hall–Kier alpha value is -2.60. The zero-order chi connectivity index (χ0) is 17.2. The number of nitrogens with zero attached hydrogens (tertiary/aromatic N) is 1. The molecule has 0 fully saturated rings. The summed E-state index contributed by atoms with van der Waals surface area (Å²) < 4.78 is 0. The van der Waals surface area contributed by atoms with Crippen LogP contribution in [0.1, 0.15) is 23.7 Å². The van der Waals surface area contributed by atoms with Gasteiger partial charge in [-0.05, 0) is 24.1 Å². The van der Waals surface area contributed by atoms with Crippen LogP contribution in [0.4, 0.5) is 0 Å². The van der Waals surface area contributed by atoms with Crippen molar-refractivity contribution in [3.63, 3.8) is 0 Å². The van der Waals surface area contributed by atoms with Gasteiger partial charge in [-0.1, -0.05) is 36.4 Å². The third-order valence-corrected chi connectivity index (χ3v) is 5.52. The van der Waals surface area contributed by atoms with Gasteiger partial charge in [-0.2, -0.15) is 5.10 Å². The van der Waals surface area contributed by atoms with Crippen molar-refractivity contribution >= 4 is 28.4 Å². The number of carbonyl (C=O) groups excluding carboxylic acids is 1.